The molecule has 2 aromatic carbocycles. The van der Waals surface area contributed by atoms with Crippen LogP contribution in [0.2, 0.25) is 0 Å². The number of amides is 2. The van der Waals surface area contributed by atoms with Crippen LogP contribution in [0.1, 0.15) is 66.9 Å². The van der Waals surface area contributed by atoms with Gasteiger partial charge in [-0.25, -0.2) is 4.39 Å². The number of carboxylic acids is 1. The average molecular weight is 551 g/mol. The van der Waals surface area contributed by atoms with Crippen molar-refractivity contribution in [1.82, 2.24) is 4.90 Å². The lowest BCUT2D eigenvalue weighted by molar-refractivity contribution is -0.142. The number of anilines is 1. The van der Waals surface area contributed by atoms with Gasteiger partial charge in [0.15, 0.2) is 0 Å². The highest BCUT2D eigenvalue weighted by molar-refractivity contribution is 8.00. The first kappa shape index (κ1) is 26.5. The summed E-state index contributed by atoms with van der Waals surface area (Å²) in [5.74, 6) is -2.45. The van der Waals surface area contributed by atoms with Crippen molar-refractivity contribution in [3.63, 3.8) is 0 Å². The number of carbonyl (C=O) groups is 3. The van der Waals surface area contributed by atoms with E-state index in [4.69, 9.17) is 5.11 Å². The highest BCUT2D eigenvalue weighted by Gasteiger charge is 2.51. The molecule has 0 radical (unpaired) electrons. The van der Waals surface area contributed by atoms with Gasteiger partial charge in [0.05, 0.1) is 12.5 Å². The Hall–Kier alpha value is -3.08. The van der Waals surface area contributed by atoms with Crippen LogP contribution in [0.4, 0.5) is 23.2 Å². The van der Waals surface area contributed by atoms with Gasteiger partial charge >= 0.3 is 11.5 Å². The number of nitrogens with zero attached hydrogens (tertiary/aromatic N) is 2. The Morgan fingerprint density at radius 1 is 1.00 bits per heavy atom. The van der Waals surface area contributed by atoms with Gasteiger partial charge in [-0.3, -0.25) is 14.4 Å². The Balaban J connectivity index is 1.52. The number of rotatable bonds is 7. The van der Waals surface area contributed by atoms with Gasteiger partial charge in [0.25, 0.3) is 5.91 Å². The molecule has 38 heavy (non-hydrogen) atoms. The number of halogens is 4. The minimum atomic E-state index is -4.44. The predicted octanol–water partition coefficient (Wildman–Crippen LogP) is 6.16. The van der Waals surface area contributed by atoms with Crippen LogP contribution >= 0.6 is 11.8 Å². The molecule has 1 heterocycles. The first-order valence-electron chi connectivity index (χ1n) is 12.6. The number of carboxylic acid groups (broad SMARTS) is 1. The Morgan fingerprint density at radius 2 is 1.71 bits per heavy atom. The third-order valence-electron chi connectivity index (χ3n) is 7.47. The maximum absolute atomic E-state index is 14.6. The molecule has 1 aliphatic heterocycles. The molecule has 6 nitrogen and oxygen atoms in total. The van der Waals surface area contributed by atoms with Crippen LogP contribution in [0.25, 0.3) is 0 Å². The number of hydrogen-bond acceptors (Lipinski definition) is 4. The van der Waals surface area contributed by atoms with E-state index in [0.29, 0.717) is 24.1 Å². The van der Waals surface area contributed by atoms with Gasteiger partial charge in [-0.15, -0.1) is 0 Å². The predicted molar refractivity (Wildman–Crippen MR) is 132 cm³/mol. The Labute approximate surface area is 221 Å². The van der Waals surface area contributed by atoms with Gasteiger partial charge in [-0.2, -0.15) is 13.2 Å². The minimum absolute atomic E-state index is 0.0334. The van der Waals surface area contributed by atoms with Crippen LogP contribution in [-0.4, -0.2) is 45.4 Å². The fourth-order valence-corrected chi connectivity index (χ4v) is 6.42. The second-order valence-electron chi connectivity index (χ2n) is 9.98. The molecule has 11 heteroatoms. The highest BCUT2D eigenvalue weighted by Crippen LogP contribution is 2.53. The normalized spacial score (nSPS) is 22.5. The van der Waals surface area contributed by atoms with Crippen LogP contribution in [-0.2, 0) is 9.59 Å². The summed E-state index contributed by atoms with van der Waals surface area (Å²) in [5, 5.41) is 9.11. The fraction of sp³-hybridized carbons (Fsp3) is 0.444. The largest absolute Gasteiger partial charge is 0.481 e. The summed E-state index contributed by atoms with van der Waals surface area (Å²) in [6, 6.07) is 8.52. The molecule has 1 unspecified atom stereocenters. The molecule has 2 aromatic rings. The third-order valence-corrected chi connectivity index (χ3v) is 8.21. The van der Waals surface area contributed by atoms with E-state index >= 15 is 0 Å². The summed E-state index contributed by atoms with van der Waals surface area (Å²) in [5.41, 5.74) is -3.26. The lowest BCUT2D eigenvalue weighted by atomic mass is 9.81. The summed E-state index contributed by atoms with van der Waals surface area (Å²) in [7, 11) is 0. The van der Waals surface area contributed by atoms with E-state index in [-0.39, 0.29) is 59.0 Å². The molecule has 3 atom stereocenters. The first-order chi connectivity index (χ1) is 18.0. The summed E-state index contributed by atoms with van der Waals surface area (Å²) in [4.78, 5) is 41.5. The molecule has 0 aromatic heterocycles. The van der Waals surface area contributed by atoms with Crippen LogP contribution in [0.3, 0.4) is 0 Å². The monoisotopic (exact) mass is 550 g/mol. The molecular formula is C27H26F4N2O4S. The van der Waals surface area contributed by atoms with Crippen molar-refractivity contribution in [3.05, 3.63) is 59.4 Å². The number of thioether (sulfide) groups is 1. The molecule has 0 bridgehead atoms. The molecular weight excluding hydrogens is 524 g/mol. The van der Waals surface area contributed by atoms with E-state index in [9.17, 15) is 31.9 Å². The summed E-state index contributed by atoms with van der Waals surface area (Å²) in [6.07, 6.45) is 3.25. The van der Waals surface area contributed by atoms with Crippen molar-refractivity contribution < 1.29 is 37.1 Å². The second kappa shape index (κ2) is 10.2. The zero-order chi connectivity index (χ0) is 27.2. The quantitative estimate of drug-likeness (QED) is 0.330. The number of aliphatic carboxylic acids is 1. The SMILES string of the molecule is O=C(O)CCC(=O)N(C1CC1)C1c2cc(F)ccc2N(C(=O)c2ccc(SC(F)(F)F)cc2)[C@H]2CCC[C@@H]12. The Morgan fingerprint density at radius 3 is 2.34 bits per heavy atom. The second-order valence-corrected chi connectivity index (χ2v) is 11.1. The first-order valence-corrected chi connectivity index (χ1v) is 13.4. The maximum Gasteiger partial charge on any atom is 0.446 e. The molecule has 2 fully saturated rings. The molecule has 2 aliphatic carbocycles. The van der Waals surface area contributed by atoms with Crippen molar-refractivity contribution in [2.24, 2.45) is 5.92 Å². The summed E-state index contributed by atoms with van der Waals surface area (Å²) in [6.45, 7) is 0. The fourth-order valence-electron chi connectivity index (χ4n) is 5.88. The van der Waals surface area contributed by atoms with E-state index in [1.807, 2.05) is 0 Å². The number of benzene rings is 2. The van der Waals surface area contributed by atoms with Gasteiger partial charge in [0.1, 0.15) is 5.82 Å². The standard InChI is InChI=1S/C27H26F4N2O4S/c28-16-6-11-22-20(14-16)25(32(17-7-8-17)23(34)12-13-24(35)36)19-2-1-3-21(19)33(22)26(37)15-4-9-18(10-5-15)38-27(29,30)31/h4-6,9-11,14,17,19,21,25H,1-3,7-8,12-13H2,(H,35,36)/t19-,21+,25?/m1/s1. The van der Waals surface area contributed by atoms with E-state index in [1.54, 1.807) is 9.80 Å². The van der Waals surface area contributed by atoms with Crippen molar-refractivity contribution in [3.8, 4) is 0 Å². The summed E-state index contributed by atoms with van der Waals surface area (Å²) < 4.78 is 52.8. The van der Waals surface area contributed by atoms with Gasteiger partial charge in [0, 0.05) is 46.1 Å². The van der Waals surface area contributed by atoms with Crippen LogP contribution in [0.5, 0.6) is 0 Å². The van der Waals surface area contributed by atoms with E-state index in [2.05, 4.69) is 0 Å². The zero-order valence-electron chi connectivity index (χ0n) is 20.3. The Bertz CT molecular complexity index is 1250. The van der Waals surface area contributed by atoms with Crippen molar-refractivity contribution in [2.45, 2.75) is 73.5 Å². The molecule has 0 spiro atoms. The third kappa shape index (κ3) is 5.39. The number of alkyl halides is 3. The van der Waals surface area contributed by atoms with Gasteiger partial charge in [0.2, 0.25) is 5.91 Å². The Kier molecular flexibility index (Phi) is 7.15. The number of hydrogen-bond donors (Lipinski definition) is 1. The topological polar surface area (TPSA) is 77.9 Å². The van der Waals surface area contributed by atoms with E-state index in [0.717, 1.165) is 19.3 Å². The van der Waals surface area contributed by atoms with Crippen molar-refractivity contribution >= 4 is 35.2 Å². The lowest BCUT2D eigenvalue weighted by Gasteiger charge is -2.48. The van der Waals surface area contributed by atoms with Crippen molar-refractivity contribution in [1.29, 1.82) is 0 Å². The smallest absolute Gasteiger partial charge is 0.446 e. The van der Waals surface area contributed by atoms with Gasteiger partial charge < -0.3 is 14.9 Å². The maximum atomic E-state index is 14.6. The molecule has 3 aliphatic rings. The van der Waals surface area contributed by atoms with Gasteiger partial charge in [-0.1, -0.05) is 6.42 Å². The summed E-state index contributed by atoms with van der Waals surface area (Å²) >= 11 is -0.258. The lowest BCUT2D eigenvalue weighted by Crippen LogP contribution is -2.53. The molecule has 202 valence electrons. The van der Waals surface area contributed by atoms with Crippen LogP contribution in [0, 0.1) is 11.7 Å². The number of carbonyl (C=O) groups excluding carboxylic acids is 2. The number of fused-ring (bicyclic) bond motifs is 2. The van der Waals surface area contributed by atoms with Crippen LogP contribution < -0.4 is 4.90 Å². The zero-order valence-corrected chi connectivity index (χ0v) is 21.1. The average Bonchev–Trinajstić information content (AvgIpc) is 3.57. The molecule has 2 amide bonds. The minimum Gasteiger partial charge on any atom is -0.481 e. The molecule has 2 saturated carbocycles. The van der Waals surface area contributed by atoms with E-state index in [1.165, 1.54) is 42.5 Å². The molecule has 1 N–H and O–H groups in total. The van der Waals surface area contributed by atoms with E-state index < -0.39 is 29.2 Å². The highest BCUT2D eigenvalue weighted by atomic mass is 32.2. The molecule has 0 saturated heterocycles. The van der Waals surface area contributed by atoms with Crippen LogP contribution in [0.15, 0.2) is 47.4 Å². The molecule has 5 rings (SSSR count). The van der Waals surface area contributed by atoms with Crippen molar-refractivity contribution in [2.75, 3.05) is 4.90 Å². The van der Waals surface area contributed by atoms with Gasteiger partial charge in [-0.05, 0) is 79.9 Å².